The Hall–Kier alpha value is -2.16. The van der Waals surface area contributed by atoms with Crippen molar-refractivity contribution < 1.29 is 9.59 Å². The number of nitrogens with zero attached hydrogens (tertiary/aromatic N) is 6. The van der Waals surface area contributed by atoms with Crippen LogP contribution in [0.5, 0.6) is 0 Å². The van der Waals surface area contributed by atoms with Gasteiger partial charge in [0, 0.05) is 36.6 Å². The molecule has 4 heterocycles. The molecular weight excluding hydrogens is 388 g/mol. The molecule has 0 spiro atoms. The number of aromatic nitrogens is 4. The van der Waals surface area contributed by atoms with Crippen molar-refractivity contribution in [1.82, 2.24) is 29.4 Å². The van der Waals surface area contributed by atoms with E-state index in [2.05, 4.69) is 15.1 Å². The number of fused-ring (bicyclic) bond motifs is 1. The Morgan fingerprint density at radius 3 is 2.52 bits per heavy atom. The third kappa shape index (κ3) is 3.84. The first kappa shape index (κ1) is 20.1. The zero-order valence-electron chi connectivity index (χ0n) is 17.3. The lowest BCUT2D eigenvalue weighted by molar-refractivity contribution is -0.146. The van der Waals surface area contributed by atoms with Crippen molar-refractivity contribution in [3.63, 3.8) is 0 Å². The van der Waals surface area contributed by atoms with Gasteiger partial charge in [-0.2, -0.15) is 4.98 Å². The number of thioether (sulfide) groups is 1. The molecule has 156 valence electrons. The van der Waals surface area contributed by atoms with Crippen molar-refractivity contribution in [2.75, 3.05) is 25.9 Å². The highest BCUT2D eigenvalue weighted by Crippen LogP contribution is 2.24. The second-order valence-electron chi connectivity index (χ2n) is 7.88. The van der Waals surface area contributed by atoms with Gasteiger partial charge in [-0.25, -0.2) is 9.50 Å². The topological polar surface area (TPSA) is 83.7 Å². The molecule has 0 radical (unpaired) electrons. The Morgan fingerprint density at radius 1 is 1.07 bits per heavy atom. The second kappa shape index (κ2) is 8.30. The summed E-state index contributed by atoms with van der Waals surface area (Å²) in [6.45, 7) is 6.15. The Morgan fingerprint density at radius 2 is 1.79 bits per heavy atom. The summed E-state index contributed by atoms with van der Waals surface area (Å²) < 4.78 is 1.71. The average molecular weight is 417 g/mol. The largest absolute Gasteiger partial charge is 0.341 e. The van der Waals surface area contributed by atoms with E-state index in [1.54, 1.807) is 4.52 Å². The molecule has 0 N–H and O–H groups in total. The lowest BCUT2D eigenvalue weighted by Gasteiger charge is -2.37. The van der Waals surface area contributed by atoms with E-state index in [-0.39, 0.29) is 24.3 Å². The monoisotopic (exact) mass is 416 g/mol. The molecule has 2 aliphatic rings. The third-order valence-corrected chi connectivity index (χ3v) is 6.60. The highest BCUT2D eigenvalue weighted by molar-refractivity contribution is 7.98. The minimum Gasteiger partial charge on any atom is -0.341 e. The van der Waals surface area contributed by atoms with Gasteiger partial charge in [0.15, 0.2) is 0 Å². The van der Waals surface area contributed by atoms with Crippen molar-refractivity contribution in [2.45, 2.75) is 63.6 Å². The first-order chi connectivity index (χ1) is 14.0. The van der Waals surface area contributed by atoms with Gasteiger partial charge < -0.3 is 9.80 Å². The number of likely N-dealkylation sites (tertiary alicyclic amines) is 2. The predicted octanol–water partition coefficient (Wildman–Crippen LogP) is 2.01. The predicted molar refractivity (Wildman–Crippen MR) is 111 cm³/mol. The van der Waals surface area contributed by atoms with Crippen LogP contribution >= 0.6 is 11.8 Å². The number of piperidine rings is 1. The van der Waals surface area contributed by atoms with E-state index < -0.39 is 0 Å². The summed E-state index contributed by atoms with van der Waals surface area (Å²) in [6.07, 6.45) is 6.99. The van der Waals surface area contributed by atoms with Crippen LogP contribution in [0.15, 0.2) is 5.16 Å². The molecule has 29 heavy (non-hydrogen) atoms. The summed E-state index contributed by atoms with van der Waals surface area (Å²) >= 11 is 1.47. The number of hydrogen-bond donors (Lipinski definition) is 0. The van der Waals surface area contributed by atoms with Crippen LogP contribution in [-0.2, 0) is 16.0 Å². The van der Waals surface area contributed by atoms with Gasteiger partial charge in [-0.05, 0) is 52.2 Å². The molecular formula is C20H28N6O2S. The summed E-state index contributed by atoms with van der Waals surface area (Å²) in [5, 5.41) is 5.13. The standard InChI is InChI=1S/C20H28N6O2S/c1-13-15(14(2)26-19(21-13)22-20(23-26)29-3)12-17(27)25-11-5-4-8-16(25)18(28)24-9-6-7-10-24/h16H,4-12H2,1-3H3. The summed E-state index contributed by atoms with van der Waals surface area (Å²) in [6, 6.07) is -0.318. The number of hydrogen-bond acceptors (Lipinski definition) is 6. The normalized spacial score (nSPS) is 19.9. The second-order valence-corrected chi connectivity index (χ2v) is 8.65. The fourth-order valence-corrected chi connectivity index (χ4v) is 4.76. The van der Waals surface area contributed by atoms with Gasteiger partial charge in [-0.1, -0.05) is 11.8 Å². The molecule has 8 nitrogen and oxygen atoms in total. The highest BCUT2D eigenvalue weighted by atomic mass is 32.2. The van der Waals surface area contributed by atoms with Crippen molar-refractivity contribution in [3.05, 3.63) is 17.0 Å². The minimum atomic E-state index is -0.318. The van der Waals surface area contributed by atoms with E-state index in [1.807, 2.05) is 29.9 Å². The molecule has 0 saturated carbocycles. The molecule has 0 aromatic carbocycles. The maximum Gasteiger partial charge on any atom is 0.253 e. The molecule has 1 atom stereocenters. The maximum atomic E-state index is 13.3. The van der Waals surface area contributed by atoms with E-state index in [4.69, 9.17) is 0 Å². The highest BCUT2D eigenvalue weighted by Gasteiger charge is 2.35. The van der Waals surface area contributed by atoms with Crippen LogP contribution in [0, 0.1) is 13.8 Å². The number of carbonyl (C=O) groups excluding carboxylic acids is 2. The molecule has 2 aromatic rings. The van der Waals surface area contributed by atoms with E-state index in [0.717, 1.165) is 62.1 Å². The summed E-state index contributed by atoms with van der Waals surface area (Å²) in [5.41, 5.74) is 2.55. The number of amides is 2. The summed E-state index contributed by atoms with van der Waals surface area (Å²) in [5.74, 6) is 0.680. The first-order valence-electron chi connectivity index (χ1n) is 10.3. The van der Waals surface area contributed by atoms with Crippen LogP contribution in [0.25, 0.3) is 5.78 Å². The molecule has 1 unspecified atom stereocenters. The maximum absolute atomic E-state index is 13.3. The molecule has 0 bridgehead atoms. The van der Waals surface area contributed by atoms with Gasteiger partial charge in [0.25, 0.3) is 5.78 Å². The van der Waals surface area contributed by atoms with E-state index in [1.165, 1.54) is 11.8 Å². The number of aryl methyl sites for hydroxylation is 2. The molecule has 2 amide bonds. The minimum absolute atomic E-state index is 0.000183. The van der Waals surface area contributed by atoms with Crippen molar-refractivity contribution in [3.8, 4) is 0 Å². The smallest absolute Gasteiger partial charge is 0.253 e. The molecule has 2 saturated heterocycles. The Labute approximate surface area is 175 Å². The van der Waals surface area contributed by atoms with E-state index >= 15 is 0 Å². The Bertz CT molecular complexity index is 937. The van der Waals surface area contributed by atoms with Gasteiger partial charge in [0.2, 0.25) is 17.0 Å². The average Bonchev–Trinajstić information content (AvgIpc) is 3.40. The molecule has 2 fully saturated rings. The molecule has 9 heteroatoms. The third-order valence-electron chi connectivity index (χ3n) is 6.07. The van der Waals surface area contributed by atoms with Crippen LogP contribution in [-0.4, -0.2) is 73.1 Å². The van der Waals surface area contributed by atoms with Crippen molar-refractivity contribution in [2.24, 2.45) is 0 Å². The van der Waals surface area contributed by atoms with Crippen LogP contribution < -0.4 is 0 Å². The van der Waals surface area contributed by atoms with Crippen LogP contribution in [0.1, 0.15) is 49.1 Å². The number of rotatable bonds is 4. The van der Waals surface area contributed by atoms with Crippen LogP contribution in [0.2, 0.25) is 0 Å². The first-order valence-corrected chi connectivity index (χ1v) is 11.6. The van der Waals surface area contributed by atoms with Crippen LogP contribution in [0.4, 0.5) is 0 Å². The molecule has 2 aliphatic heterocycles. The Balaban J connectivity index is 1.58. The van der Waals surface area contributed by atoms with Crippen LogP contribution in [0.3, 0.4) is 0 Å². The van der Waals surface area contributed by atoms with Gasteiger partial charge in [0.05, 0.1) is 6.42 Å². The summed E-state index contributed by atoms with van der Waals surface area (Å²) in [4.78, 5) is 39.0. The lowest BCUT2D eigenvalue weighted by atomic mass is 9.99. The van der Waals surface area contributed by atoms with Gasteiger partial charge in [-0.15, -0.1) is 5.10 Å². The number of carbonyl (C=O) groups is 2. The van der Waals surface area contributed by atoms with Gasteiger partial charge in [-0.3, -0.25) is 9.59 Å². The molecule has 4 rings (SSSR count). The Kier molecular flexibility index (Phi) is 5.76. The van der Waals surface area contributed by atoms with Crippen molar-refractivity contribution in [1.29, 1.82) is 0 Å². The fourth-order valence-electron chi connectivity index (χ4n) is 4.42. The molecule has 0 aliphatic carbocycles. The quantitative estimate of drug-likeness (QED) is 0.709. The van der Waals surface area contributed by atoms with Gasteiger partial charge >= 0.3 is 0 Å². The SMILES string of the molecule is CSc1nc2nc(C)c(CC(=O)N3CCCCC3C(=O)N3CCCC3)c(C)n2n1. The van der Waals surface area contributed by atoms with E-state index in [0.29, 0.717) is 17.5 Å². The lowest BCUT2D eigenvalue weighted by Crippen LogP contribution is -2.53. The fraction of sp³-hybridized carbons (Fsp3) is 0.650. The van der Waals surface area contributed by atoms with E-state index in [9.17, 15) is 9.59 Å². The zero-order chi connectivity index (χ0) is 20.5. The summed E-state index contributed by atoms with van der Waals surface area (Å²) in [7, 11) is 0. The van der Waals surface area contributed by atoms with Crippen molar-refractivity contribution >= 4 is 29.4 Å². The zero-order valence-corrected chi connectivity index (χ0v) is 18.2. The van der Waals surface area contributed by atoms with Gasteiger partial charge in [0.1, 0.15) is 6.04 Å². The molecule has 2 aromatic heterocycles.